The highest BCUT2D eigenvalue weighted by molar-refractivity contribution is 5.78. The van der Waals surface area contributed by atoms with E-state index in [1.54, 1.807) is 0 Å². The van der Waals surface area contributed by atoms with Gasteiger partial charge in [-0.15, -0.1) is 0 Å². The van der Waals surface area contributed by atoms with Gasteiger partial charge >= 0.3 is 0 Å². The first kappa shape index (κ1) is 16.5. The van der Waals surface area contributed by atoms with Crippen molar-refractivity contribution in [3.8, 4) is 0 Å². The largest absolute Gasteiger partial charge is 0.374 e. The molecule has 1 saturated heterocycles. The number of nitrogens with zero attached hydrogens (tertiary/aromatic N) is 1. The first-order valence-corrected chi connectivity index (χ1v) is 8.97. The van der Waals surface area contributed by atoms with E-state index < -0.39 is 0 Å². The van der Waals surface area contributed by atoms with Gasteiger partial charge < -0.3 is 10.1 Å². The lowest BCUT2D eigenvalue weighted by Crippen LogP contribution is -2.48. The highest BCUT2D eigenvalue weighted by atomic mass is 16.5. The molecule has 126 valence electrons. The Kier molecular flexibility index (Phi) is 6.06. The number of carbonyl (C=O) groups is 1. The Hall–Kier alpha value is -1.39. The van der Waals surface area contributed by atoms with Gasteiger partial charge in [-0.1, -0.05) is 49.6 Å². The van der Waals surface area contributed by atoms with Gasteiger partial charge in [-0.2, -0.15) is 0 Å². The van der Waals surface area contributed by atoms with Gasteiger partial charge in [0.25, 0.3) is 0 Å². The molecule has 0 aromatic heterocycles. The van der Waals surface area contributed by atoms with Crippen molar-refractivity contribution in [1.82, 2.24) is 10.2 Å². The quantitative estimate of drug-likeness (QED) is 0.908. The van der Waals surface area contributed by atoms with Crippen LogP contribution in [0.2, 0.25) is 0 Å². The molecule has 1 atom stereocenters. The van der Waals surface area contributed by atoms with E-state index in [0.29, 0.717) is 6.54 Å². The number of ether oxygens (including phenoxy) is 1. The first-order valence-electron chi connectivity index (χ1n) is 8.97. The maximum Gasteiger partial charge on any atom is 0.223 e. The lowest BCUT2D eigenvalue weighted by atomic mass is 9.88. The Labute approximate surface area is 139 Å². The van der Waals surface area contributed by atoms with Crippen molar-refractivity contribution in [3.63, 3.8) is 0 Å². The predicted octanol–water partition coefficient (Wildman–Crippen LogP) is 2.58. The standard InChI is InChI=1S/C19H28N2O2/c22-19(17-9-5-2-6-10-17)20-13-18-15-21(11-12-23-18)14-16-7-3-1-4-8-16/h1,3-4,7-8,17-18H,2,5-6,9-15H2,(H,20,22)/t18-/m1/s1. The van der Waals surface area contributed by atoms with Gasteiger partial charge in [0.05, 0.1) is 12.7 Å². The van der Waals surface area contributed by atoms with Crippen molar-refractivity contribution in [2.45, 2.75) is 44.8 Å². The predicted molar refractivity (Wildman–Crippen MR) is 91.0 cm³/mol. The summed E-state index contributed by atoms with van der Waals surface area (Å²) in [6, 6.07) is 10.5. The fourth-order valence-electron chi connectivity index (χ4n) is 3.61. The van der Waals surface area contributed by atoms with Crippen LogP contribution < -0.4 is 5.32 Å². The molecule has 1 heterocycles. The highest BCUT2D eigenvalue weighted by Crippen LogP contribution is 2.23. The van der Waals surface area contributed by atoms with E-state index in [0.717, 1.165) is 39.1 Å². The molecule has 4 heteroatoms. The molecule has 0 radical (unpaired) electrons. The third kappa shape index (κ3) is 5.05. The van der Waals surface area contributed by atoms with Gasteiger partial charge in [0.2, 0.25) is 5.91 Å². The summed E-state index contributed by atoms with van der Waals surface area (Å²) in [5.41, 5.74) is 1.33. The maximum absolute atomic E-state index is 12.2. The molecule has 1 aromatic rings. The molecular weight excluding hydrogens is 288 g/mol. The van der Waals surface area contributed by atoms with Crippen molar-refractivity contribution >= 4 is 5.91 Å². The maximum atomic E-state index is 12.2. The SMILES string of the molecule is O=C(NC[C@@H]1CN(Cc2ccccc2)CCO1)C1CCCCC1. The summed E-state index contributed by atoms with van der Waals surface area (Å²) in [5.74, 6) is 0.459. The van der Waals surface area contributed by atoms with Crippen LogP contribution in [0.5, 0.6) is 0 Å². The van der Waals surface area contributed by atoms with Crippen LogP contribution in [0, 0.1) is 5.92 Å². The molecule has 3 rings (SSSR count). The topological polar surface area (TPSA) is 41.6 Å². The Morgan fingerprint density at radius 2 is 1.96 bits per heavy atom. The number of hydrogen-bond donors (Lipinski definition) is 1. The molecule has 4 nitrogen and oxygen atoms in total. The molecule has 1 N–H and O–H groups in total. The number of carbonyl (C=O) groups excluding carboxylic acids is 1. The summed E-state index contributed by atoms with van der Waals surface area (Å²) in [7, 11) is 0. The zero-order chi connectivity index (χ0) is 15.9. The van der Waals surface area contributed by atoms with Crippen LogP contribution >= 0.6 is 0 Å². The molecule has 2 fully saturated rings. The third-order valence-corrected chi connectivity index (χ3v) is 4.95. The number of morpholine rings is 1. The summed E-state index contributed by atoms with van der Waals surface area (Å²) in [6.45, 7) is 4.19. The van der Waals surface area contributed by atoms with Crippen molar-refractivity contribution < 1.29 is 9.53 Å². The summed E-state index contributed by atoms with van der Waals surface area (Å²) < 4.78 is 5.83. The van der Waals surface area contributed by atoms with Gasteiger partial charge in [0.15, 0.2) is 0 Å². The number of benzene rings is 1. The Bertz CT molecular complexity index is 485. The van der Waals surface area contributed by atoms with E-state index in [4.69, 9.17) is 4.74 Å². The minimum Gasteiger partial charge on any atom is -0.374 e. The monoisotopic (exact) mass is 316 g/mol. The summed E-state index contributed by atoms with van der Waals surface area (Å²) in [5, 5.41) is 3.12. The van der Waals surface area contributed by atoms with Crippen LogP contribution in [0.3, 0.4) is 0 Å². The molecule has 1 aliphatic heterocycles. The van der Waals surface area contributed by atoms with E-state index in [1.165, 1.54) is 24.8 Å². The molecule has 0 spiro atoms. The molecule has 23 heavy (non-hydrogen) atoms. The summed E-state index contributed by atoms with van der Waals surface area (Å²) >= 11 is 0. The van der Waals surface area contributed by atoms with Crippen LogP contribution in [0.15, 0.2) is 30.3 Å². The van der Waals surface area contributed by atoms with Crippen molar-refractivity contribution in [3.05, 3.63) is 35.9 Å². The molecule has 1 aliphatic carbocycles. The Morgan fingerprint density at radius 3 is 2.74 bits per heavy atom. The smallest absolute Gasteiger partial charge is 0.223 e. The second-order valence-electron chi connectivity index (χ2n) is 6.79. The van der Waals surface area contributed by atoms with Gasteiger partial charge in [-0.3, -0.25) is 9.69 Å². The molecule has 1 saturated carbocycles. The first-order chi connectivity index (χ1) is 11.3. The van der Waals surface area contributed by atoms with Crippen molar-refractivity contribution in [2.75, 3.05) is 26.2 Å². The van der Waals surface area contributed by atoms with Crippen LogP contribution in [0.4, 0.5) is 0 Å². The molecule has 0 unspecified atom stereocenters. The average molecular weight is 316 g/mol. The minimum atomic E-state index is 0.111. The number of rotatable bonds is 5. The van der Waals surface area contributed by atoms with Gasteiger partial charge in [-0.25, -0.2) is 0 Å². The van der Waals surface area contributed by atoms with Crippen molar-refractivity contribution in [1.29, 1.82) is 0 Å². The lowest BCUT2D eigenvalue weighted by Gasteiger charge is -2.33. The fourth-order valence-corrected chi connectivity index (χ4v) is 3.61. The fraction of sp³-hybridized carbons (Fsp3) is 0.632. The molecule has 2 aliphatic rings. The zero-order valence-corrected chi connectivity index (χ0v) is 13.9. The third-order valence-electron chi connectivity index (χ3n) is 4.95. The molecular formula is C19H28N2O2. The number of nitrogens with one attached hydrogen (secondary N) is 1. The lowest BCUT2D eigenvalue weighted by molar-refractivity contribution is -0.127. The molecule has 1 aromatic carbocycles. The Balaban J connectivity index is 1.42. The number of amides is 1. The van der Waals surface area contributed by atoms with Crippen LogP contribution in [0.1, 0.15) is 37.7 Å². The van der Waals surface area contributed by atoms with Gasteiger partial charge in [0.1, 0.15) is 0 Å². The van der Waals surface area contributed by atoms with E-state index in [-0.39, 0.29) is 17.9 Å². The number of hydrogen-bond acceptors (Lipinski definition) is 3. The van der Waals surface area contributed by atoms with E-state index in [2.05, 4.69) is 34.5 Å². The minimum absolute atomic E-state index is 0.111. The molecule has 1 amide bonds. The van der Waals surface area contributed by atoms with Crippen molar-refractivity contribution in [2.24, 2.45) is 5.92 Å². The van der Waals surface area contributed by atoms with Crippen LogP contribution in [-0.4, -0.2) is 43.2 Å². The average Bonchev–Trinajstić information content (AvgIpc) is 2.62. The van der Waals surface area contributed by atoms with E-state index in [9.17, 15) is 4.79 Å². The van der Waals surface area contributed by atoms with E-state index >= 15 is 0 Å². The van der Waals surface area contributed by atoms with E-state index in [1.807, 2.05) is 6.07 Å². The highest BCUT2D eigenvalue weighted by Gasteiger charge is 2.24. The summed E-state index contributed by atoms with van der Waals surface area (Å²) in [6.07, 6.45) is 5.89. The summed E-state index contributed by atoms with van der Waals surface area (Å²) in [4.78, 5) is 14.6. The Morgan fingerprint density at radius 1 is 1.17 bits per heavy atom. The zero-order valence-electron chi connectivity index (χ0n) is 13.9. The van der Waals surface area contributed by atoms with Gasteiger partial charge in [0, 0.05) is 32.1 Å². The van der Waals surface area contributed by atoms with Crippen LogP contribution in [-0.2, 0) is 16.1 Å². The normalized spacial score (nSPS) is 23.6. The second kappa shape index (κ2) is 8.46. The molecule has 0 bridgehead atoms. The second-order valence-corrected chi connectivity index (χ2v) is 6.79. The van der Waals surface area contributed by atoms with Gasteiger partial charge in [-0.05, 0) is 18.4 Å². The van der Waals surface area contributed by atoms with Crippen LogP contribution in [0.25, 0.3) is 0 Å².